The fourth-order valence-electron chi connectivity index (χ4n) is 3.17. The number of likely N-dealkylation sites (tertiary alicyclic amines) is 1. The molecule has 1 aliphatic rings. The van der Waals surface area contributed by atoms with Crippen LogP contribution in [0.4, 0.5) is 0 Å². The second-order valence-corrected chi connectivity index (χ2v) is 5.59. The molecule has 2 unspecified atom stereocenters. The molecule has 4 nitrogen and oxygen atoms in total. The highest BCUT2D eigenvalue weighted by atomic mass is 15.3. The minimum Gasteiger partial charge on any atom is -0.326 e. The molecule has 2 heterocycles. The van der Waals surface area contributed by atoms with E-state index in [-0.39, 0.29) is 12.1 Å². The topological polar surface area (TPSA) is 47.1 Å². The normalized spacial score (nSPS) is 23.9. The van der Waals surface area contributed by atoms with E-state index < -0.39 is 0 Å². The molecule has 20 heavy (non-hydrogen) atoms. The molecule has 0 radical (unpaired) electrons. The van der Waals surface area contributed by atoms with Crippen molar-refractivity contribution in [3.05, 3.63) is 53.9 Å². The molecule has 1 aromatic heterocycles. The molecule has 0 saturated carbocycles. The van der Waals surface area contributed by atoms with E-state index in [4.69, 9.17) is 5.73 Å². The molecule has 3 rings (SSSR count). The van der Waals surface area contributed by atoms with E-state index in [1.54, 1.807) is 0 Å². The largest absolute Gasteiger partial charge is 0.326 e. The lowest BCUT2D eigenvalue weighted by molar-refractivity contribution is 0.114. The van der Waals surface area contributed by atoms with Crippen LogP contribution in [0.25, 0.3) is 0 Å². The smallest absolute Gasteiger partial charge is 0.0673 e. The Balaban J connectivity index is 1.85. The molecule has 4 heteroatoms. The SMILES string of the molecule is Cn1nccc1C1C(N)CCCN1Cc1ccccc1. The van der Waals surface area contributed by atoms with Crippen LogP contribution in [0.5, 0.6) is 0 Å². The summed E-state index contributed by atoms with van der Waals surface area (Å²) in [6.45, 7) is 2.04. The summed E-state index contributed by atoms with van der Waals surface area (Å²) in [5.74, 6) is 0. The standard InChI is InChI=1S/C16H22N4/c1-19-15(9-10-18-19)16-14(17)8-5-11-20(16)12-13-6-3-2-4-7-13/h2-4,6-7,9-10,14,16H,5,8,11-12,17H2,1H3. The molecule has 2 aromatic rings. The highest BCUT2D eigenvalue weighted by Crippen LogP contribution is 2.31. The minimum atomic E-state index is 0.183. The summed E-state index contributed by atoms with van der Waals surface area (Å²) < 4.78 is 1.95. The van der Waals surface area contributed by atoms with E-state index in [2.05, 4.69) is 46.4 Å². The van der Waals surface area contributed by atoms with E-state index in [1.807, 2.05) is 17.9 Å². The van der Waals surface area contributed by atoms with Crippen molar-refractivity contribution in [2.45, 2.75) is 31.5 Å². The lowest BCUT2D eigenvalue weighted by Crippen LogP contribution is -2.46. The number of nitrogens with zero attached hydrogens (tertiary/aromatic N) is 3. The van der Waals surface area contributed by atoms with Crippen LogP contribution >= 0.6 is 0 Å². The van der Waals surface area contributed by atoms with Crippen LogP contribution in [-0.4, -0.2) is 27.3 Å². The van der Waals surface area contributed by atoms with E-state index in [0.29, 0.717) is 0 Å². The number of aryl methyl sites for hydroxylation is 1. The summed E-state index contributed by atoms with van der Waals surface area (Å²) in [6, 6.07) is 13.1. The van der Waals surface area contributed by atoms with Gasteiger partial charge in [-0.2, -0.15) is 5.10 Å². The zero-order chi connectivity index (χ0) is 13.9. The molecule has 106 valence electrons. The van der Waals surface area contributed by atoms with Crippen molar-refractivity contribution in [1.29, 1.82) is 0 Å². The third-order valence-corrected chi connectivity index (χ3v) is 4.17. The first-order valence-electron chi connectivity index (χ1n) is 7.27. The number of aromatic nitrogens is 2. The number of nitrogens with two attached hydrogens (primary N) is 1. The van der Waals surface area contributed by atoms with Crippen molar-refractivity contribution in [2.24, 2.45) is 12.8 Å². The summed E-state index contributed by atoms with van der Waals surface area (Å²) >= 11 is 0. The number of hydrogen-bond acceptors (Lipinski definition) is 3. The van der Waals surface area contributed by atoms with Gasteiger partial charge in [0.25, 0.3) is 0 Å². The predicted octanol–water partition coefficient (Wildman–Crippen LogP) is 2.08. The van der Waals surface area contributed by atoms with Crippen molar-refractivity contribution >= 4 is 0 Å². The molecule has 0 amide bonds. The van der Waals surface area contributed by atoms with Gasteiger partial charge in [0.15, 0.2) is 0 Å². The highest BCUT2D eigenvalue weighted by molar-refractivity contribution is 5.17. The van der Waals surface area contributed by atoms with Crippen LogP contribution in [0.15, 0.2) is 42.6 Å². The molecule has 1 aliphatic heterocycles. The second kappa shape index (κ2) is 5.77. The maximum atomic E-state index is 6.40. The van der Waals surface area contributed by atoms with Crippen molar-refractivity contribution in [3.63, 3.8) is 0 Å². The van der Waals surface area contributed by atoms with Crippen LogP contribution < -0.4 is 5.73 Å². The van der Waals surface area contributed by atoms with E-state index in [9.17, 15) is 0 Å². The Morgan fingerprint density at radius 2 is 2.05 bits per heavy atom. The van der Waals surface area contributed by atoms with Gasteiger partial charge >= 0.3 is 0 Å². The highest BCUT2D eigenvalue weighted by Gasteiger charge is 2.32. The molecule has 0 spiro atoms. The van der Waals surface area contributed by atoms with Gasteiger partial charge in [-0.1, -0.05) is 30.3 Å². The van der Waals surface area contributed by atoms with Gasteiger partial charge in [0, 0.05) is 25.8 Å². The molecule has 1 fully saturated rings. The van der Waals surface area contributed by atoms with E-state index in [0.717, 1.165) is 19.5 Å². The maximum Gasteiger partial charge on any atom is 0.0673 e. The number of piperidine rings is 1. The van der Waals surface area contributed by atoms with Crippen molar-refractivity contribution in [2.75, 3.05) is 6.54 Å². The number of benzene rings is 1. The first kappa shape index (κ1) is 13.3. The Morgan fingerprint density at radius 3 is 2.75 bits per heavy atom. The monoisotopic (exact) mass is 270 g/mol. The minimum absolute atomic E-state index is 0.183. The van der Waals surface area contributed by atoms with Gasteiger partial charge in [-0.15, -0.1) is 0 Å². The van der Waals surface area contributed by atoms with Gasteiger partial charge in [0.05, 0.1) is 11.7 Å². The molecule has 0 aliphatic carbocycles. The lowest BCUT2D eigenvalue weighted by Gasteiger charge is -2.39. The average molecular weight is 270 g/mol. The van der Waals surface area contributed by atoms with Crippen LogP contribution in [0.1, 0.15) is 30.1 Å². The number of hydrogen-bond donors (Lipinski definition) is 1. The van der Waals surface area contributed by atoms with Gasteiger partial charge in [-0.3, -0.25) is 9.58 Å². The summed E-state index contributed by atoms with van der Waals surface area (Å²) in [7, 11) is 2.00. The van der Waals surface area contributed by atoms with E-state index >= 15 is 0 Å². The van der Waals surface area contributed by atoms with Crippen molar-refractivity contribution in [1.82, 2.24) is 14.7 Å². The zero-order valence-corrected chi connectivity index (χ0v) is 11.9. The molecular formula is C16H22N4. The van der Waals surface area contributed by atoms with Gasteiger partial charge in [-0.25, -0.2) is 0 Å². The average Bonchev–Trinajstić information content (AvgIpc) is 2.86. The summed E-state index contributed by atoms with van der Waals surface area (Å²) in [5.41, 5.74) is 8.96. The molecule has 2 N–H and O–H groups in total. The van der Waals surface area contributed by atoms with Crippen molar-refractivity contribution in [3.8, 4) is 0 Å². The van der Waals surface area contributed by atoms with Gasteiger partial charge in [0.2, 0.25) is 0 Å². The summed E-state index contributed by atoms with van der Waals surface area (Å²) in [5, 5.41) is 4.30. The second-order valence-electron chi connectivity index (χ2n) is 5.59. The van der Waals surface area contributed by atoms with Crippen molar-refractivity contribution < 1.29 is 0 Å². The Hall–Kier alpha value is -1.65. The molecule has 1 aromatic carbocycles. The predicted molar refractivity (Wildman–Crippen MR) is 80.0 cm³/mol. The summed E-state index contributed by atoms with van der Waals surface area (Å²) in [6.07, 6.45) is 4.11. The van der Waals surface area contributed by atoms with Crippen LogP contribution in [-0.2, 0) is 13.6 Å². The quantitative estimate of drug-likeness (QED) is 0.929. The van der Waals surface area contributed by atoms with Gasteiger partial charge < -0.3 is 5.73 Å². The summed E-state index contributed by atoms with van der Waals surface area (Å²) in [4.78, 5) is 2.49. The lowest BCUT2D eigenvalue weighted by atomic mass is 9.93. The van der Waals surface area contributed by atoms with Crippen LogP contribution in [0, 0.1) is 0 Å². The molecular weight excluding hydrogens is 248 g/mol. The Morgan fingerprint density at radius 1 is 1.25 bits per heavy atom. The first-order chi connectivity index (χ1) is 9.75. The third-order valence-electron chi connectivity index (χ3n) is 4.17. The molecule has 2 atom stereocenters. The Labute approximate surface area is 120 Å². The maximum absolute atomic E-state index is 6.40. The van der Waals surface area contributed by atoms with Gasteiger partial charge in [0.1, 0.15) is 0 Å². The van der Waals surface area contributed by atoms with Gasteiger partial charge in [-0.05, 0) is 31.0 Å². The zero-order valence-electron chi connectivity index (χ0n) is 11.9. The first-order valence-corrected chi connectivity index (χ1v) is 7.27. The fraction of sp³-hybridized carbons (Fsp3) is 0.438. The molecule has 0 bridgehead atoms. The van der Waals surface area contributed by atoms with E-state index in [1.165, 1.54) is 17.7 Å². The number of rotatable bonds is 3. The van der Waals surface area contributed by atoms with Crippen LogP contribution in [0.3, 0.4) is 0 Å². The Bertz CT molecular complexity index is 549. The molecule has 1 saturated heterocycles. The Kier molecular flexibility index (Phi) is 3.85. The van der Waals surface area contributed by atoms with Crippen LogP contribution in [0.2, 0.25) is 0 Å². The fourth-order valence-corrected chi connectivity index (χ4v) is 3.17. The third kappa shape index (κ3) is 2.62.